The molecule has 0 bridgehead atoms. The first-order chi connectivity index (χ1) is 17.0. The second-order valence-corrected chi connectivity index (χ2v) is 8.55. The average molecular weight is 477 g/mol. The number of rotatable bonds is 5. The van der Waals surface area contributed by atoms with Gasteiger partial charge in [0.1, 0.15) is 23.0 Å². The molecule has 2 aromatic carbocycles. The molecule has 0 atom stereocenters. The van der Waals surface area contributed by atoms with E-state index in [1.165, 1.54) is 11.6 Å². The minimum Gasteiger partial charge on any atom is -0.322 e. The van der Waals surface area contributed by atoms with Gasteiger partial charge >= 0.3 is 6.03 Å². The second-order valence-electron chi connectivity index (χ2n) is 8.55. The highest BCUT2D eigenvalue weighted by atomic mass is 19.1. The quantitative estimate of drug-likeness (QED) is 0.457. The van der Waals surface area contributed by atoms with E-state index < -0.39 is 17.7 Å². The van der Waals surface area contributed by atoms with Crippen LogP contribution in [0.4, 0.5) is 19.3 Å². The molecule has 5 rings (SSSR count). The Balaban J connectivity index is 1.29. The summed E-state index contributed by atoms with van der Waals surface area (Å²) in [4.78, 5) is 25.9. The molecule has 9 heteroatoms. The Morgan fingerprint density at radius 1 is 1.03 bits per heavy atom. The highest BCUT2D eigenvalue weighted by Gasteiger charge is 2.24. The van der Waals surface area contributed by atoms with Crippen molar-refractivity contribution in [2.24, 2.45) is 0 Å². The lowest BCUT2D eigenvalue weighted by Gasteiger charge is -2.34. The van der Waals surface area contributed by atoms with E-state index in [0.717, 1.165) is 41.2 Å². The summed E-state index contributed by atoms with van der Waals surface area (Å²) in [5, 5.41) is 2.53. The number of urea groups is 1. The zero-order valence-electron chi connectivity index (χ0n) is 19.4. The van der Waals surface area contributed by atoms with Gasteiger partial charge in [-0.1, -0.05) is 19.1 Å². The molecule has 2 amide bonds. The van der Waals surface area contributed by atoms with Crippen molar-refractivity contribution in [3.8, 4) is 5.69 Å². The molecule has 0 radical (unpaired) electrons. The number of halogens is 2. The van der Waals surface area contributed by atoms with Crippen LogP contribution in [0.3, 0.4) is 0 Å². The summed E-state index contributed by atoms with van der Waals surface area (Å²) >= 11 is 0. The monoisotopic (exact) mass is 476 g/mol. The number of aromatic nitrogens is 3. The van der Waals surface area contributed by atoms with Crippen molar-refractivity contribution in [3.05, 3.63) is 83.8 Å². The molecular weight excluding hydrogens is 450 g/mol. The lowest BCUT2D eigenvalue weighted by atomic mass is 10.1. The Bertz CT molecular complexity index is 1350. The van der Waals surface area contributed by atoms with E-state index in [1.54, 1.807) is 11.1 Å². The van der Waals surface area contributed by atoms with Crippen molar-refractivity contribution in [1.29, 1.82) is 0 Å². The number of benzene rings is 2. The first-order valence-corrected chi connectivity index (χ1v) is 11.7. The summed E-state index contributed by atoms with van der Waals surface area (Å²) in [5.74, 6) is -0.595. The minimum atomic E-state index is -0.795. The molecule has 0 unspecified atom stereocenters. The van der Waals surface area contributed by atoms with Gasteiger partial charge in [0.2, 0.25) is 0 Å². The van der Waals surface area contributed by atoms with Crippen LogP contribution in [0.25, 0.3) is 16.9 Å². The van der Waals surface area contributed by atoms with E-state index in [1.807, 2.05) is 12.1 Å². The van der Waals surface area contributed by atoms with Gasteiger partial charge in [-0.2, -0.15) is 0 Å². The standard InChI is InChI=1S/C26H26F2N6O/c1-2-18-5-8-20(9-6-18)34-24(30-23-4-3-11-29-25(23)34)17-32-12-14-33(15-13-32)26(35)31-22-10-7-19(27)16-21(22)28/h3-11,16H,2,12-15,17H2,1H3,(H,31,35). The van der Waals surface area contributed by atoms with E-state index in [2.05, 4.69) is 51.0 Å². The van der Waals surface area contributed by atoms with Gasteiger partial charge < -0.3 is 10.2 Å². The summed E-state index contributed by atoms with van der Waals surface area (Å²) in [6.45, 7) is 4.99. The summed E-state index contributed by atoms with van der Waals surface area (Å²) in [7, 11) is 0. The third-order valence-electron chi connectivity index (χ3n) is 6.29. The van der Waals surface area contributed by atoms with Gasteiger partial charge in [0.15, 0.2) is 5.65 Å². The molecule has 1 fully saturated rings. The molecule has 1 N–H and O–H groups in total. The van der Waals surface area contributed by atoms with Gasteiger partial charge in [-0.15, -0.1) is 0 Å². The van der Waals surface area contributed by atoms with Crippen LogP contribution in [-0.2, 0) is 13.0 Å². The van der Waals surface area contributed by atoms with Crippen LogP contribution < -0.4 is 5.32 Å². The van der Waals surface area contributed by atoms with Gasteiger partial charge in [0.25, 0.3) is 0 Å². The van der Waals surface area contributed by atoms with Crippen molar-refractivity contribution in [2.75, 3.05) is 31.5 Å². The number of imidazole rings is 1. The third kappa shape index (κ3) is 4.85. The first kappa shape index (κ1) is 22.9. The van der Waals surface area contributed by atoms with Gasteiger partial charge in [-0.3, -0.25) is 9.47 Å². The van der Waals surface area contributed by atoms with Gasteiger partial charge in [0, 0.05) is 44.1 Å². The van der Waals surface area contributed by atoms with Crippen molar-refractivity contribution in [2.45, 2.75) is 19.9 Å². The van der Waals surface area contributed by atoms with Gasteiger partial charge in [-0.25, -0.2) is 23.5 Å². The highest BCUT2D eigenvalue weighted by Crippen LogP contribution is 2.22. The molecule has 0 spiro atoms. The molecule has 1 aliphatic heterocycles. The maximum atomic E-state index is 13.9. The number of carbonyl (C=O) groups excluding carboxylic acids is 1. The highest BCUT2D eigenvalue weighted by molar-refractivity contribution is 5.89. The lowest BCUT2D eigenvalue weighted by Crippen LogP contribution is -2.49. The molecule has 0 aliphatic carbocycles. The Morgan fingerprint density at radius 2 is 1.80 bits per heavy atom. The summed E-state index contributed by atoms with van der Waals surface area (Å²) in [6.07, 6.45) is 2.74. The van der Waals surface area contributed by atoms with E-state index in [4.69, 9.17) is 4.98 Å². The number of hydrogen-bond donors (Lipinski definition) is 1. The average Bonchev–Trinajstić information content (AvgIpc) is 3.24. The zero-order chi connectivity index (χ0) is 24.4. The predicted molar refractivity (Wildman–Crippen MR) is 130 cm³/mol. The van der Waals surface area contributed by atoms with Crippen LogP contribution in [0, 0.1) is 11.6 Å². The van der Waals surface area contributed by atoms with Crippen LogP contribution in [0.5, 0.6) is 0 Å². The molecule has 1 saturated heterocycles. The van der Waals surface area contributed by atoms with Crippen molar-refractivity contribution >= 4 is 22.9 Å². The molecule has 2 aromatic heterocycles. The maximum Gasteiger partial charge on any atom is 0.322 e. The van der Waals surface area contributed by atoms with Crippen LogP contribution in [0.1, 0.15) is 18.3 Å². The van der Waals surface area contributed by atoms with Gasteiger partial charge in [-0.05, 0) is 48.4 Å². The first-order valence-electron chi connectivity index (χ1n) is 11.7. The Morgan fingerprint density at radius 3 is 2.51 bits per heavy atom. The van der Waals surface area contributed by atoms with Crippen molar-refractivity contribution in [3.63, 3.8) is 0 Å². The van der Waals surface area contributed by atoms with Crippen LogP contribution in [0.15, 0.2) is 60.8 Å². The van der Waals surface area contributed by atoms with Crippen molar-refractivity contribution in [1.82, 2.24) is 24.3 Å². The number of nitrogens with zero attached hydrogens (tertiary/aromatic N) is 5. The number of pyridine rings is 1. The number of fused-ring (bicyclic) bond motifs is 1. The fourth-order valence-electron chi connectivity index (χ4n) is 4.31. The van der Waals surface area contributed by atoms with Crippen molar-refractivity contribution < 1.29 is 13.6 Å². The fourth-order valence-corrected chi connectivity index (χ4v) is 4.31. The fraction of sp³-hybridized carbons (Fsp3) is 0.269. The number of amides is 2. The molecule has 180 valence electrons. The lowest BCUT2D eigenvalue weighted by molar-refractivity contribution is 0.140. The Kier molecular flexibility index (Phi) is 6.41. The van der Waals surface area contributed by atoms with Gasteiger partial charge in [0.05, 0.1) is 12.2 Å². The molecular formula is C26H26F2N6O. The smallest absolute Gasteiger partial charge is 0.322 e. The molecule has 4 aromatic rings. The number of anilines is 1. The SMILES string of the molecule is CCc1ccc(-n2c(CN3CCN(C(=O)Nc4ccc(F)cc4F)CC3)nc3cccnc32)cc1. The zero-order valence-corrected chi connectivity index (χ0v) is 19.4. The number of aryl methyl sites for hydroxylation is 1. The summed E-state index contributed by atoms with van der Waals surface area (Å²) in [5.41, 5.74) is 3.89. The van der Waals surface area contributed by atoms with E-state index in [9.17, 15) is 13.6 Å². The number of carbonyl (C=O) groups is 1. The van der Waals surface area contributed by atoms with Crippen LogP contribution in [0.2, 0.25) is 0 Å². The number of nitrogens with one attached hydrogen (secondary N) is 1. The minimum absolute atomic E-state index is 0.0332. The largest absolute Gasteiger partial charge is 0.322 e. The van der Waals surface area contributed by atoms with Crippen LogP contribution in [-0.4, -0.2) is 56.5 Å². The Hall–Kier alpha value is -3.85. The Labute approximate surface area is 202 Å². The normalized spacial score (nSPS) is 14.4. The molecule has 1 aliphatic rings. The van der Waals surface area contributed by atoms with E-state index in [0.29, 0.717) is 32.7 Å². The summed E-state index contributed by atoms with van der Waals surface area (Å²) in [6, 6.07) is 15.0. The van der Waals surface area contributed by atoms with E-state index >= 15 is 0 Å². The molecule has 35 heavy (non-hydrogen) atoms. The predicted octanol–water partition coefficient (Wildman–Crippen LogP) is 4.61. The third-order valence-corrected chi connectivity index (χ3v) is 6.29. The molecule has 3 heterocycles. The van der Waals surface area contributed by atoms with E-state index in [-0.39, 0.29) is 5.69 Å². The van der Waals surface area contributed by atoms with Crippen LogP contribution >= 0.6 is 0 Å². The number of hydrogen-bond acceptors (Lipinski definition) is 4. The molecule has 7 nitrogen and oxygen atoms in total. The maximum absolute atomic E-state index is 13.9. The topological polar surface area (TPSA) is 66.3 Å². The second kappa shape index (κ2) is 9.79. The number of piperazine rings is 1. The summed E-state index contributed by atoms with van der Waals surface area (Å²) < 4.78 is 29.1. The molecule has 0 saturated carbocycles.